The molecule has 21 heteroatoms. The monoisotopic (exact) mass is 1270 g/mol. The van der Waals surface area contributed by atoms with Gasteiger partial charge >= 0.3 is 11.9 Å². The number of carbonyl (C=O) groups is 10. The number of nitrogens with zero attached hydrogens (tertiary/aromatic N) is 3. The lowest BCUT2D eigenvalue weighted by Crippen LogP contribution is -2.54. The number of likely N-dealkylation sites (tertiary alicyclic amines) is 2. The zero-order valence-electron chi connectivity index (χ0n) is 53.3. The van der Waals surface area contributed by atoms with E-state index in [1.807, 2.05) is 121 Å². The third kappa shape index (κ3) is 15.8. The minimum absolute atomic E-state index is 0.0635. The lowest BCUT2D eigenvalue weighted by molar-refractivity contribution is -0.173. The van der Waals surface area contributed by atoms with Crippen molar-refractivity contribution in [1.29, 1.82) is 0 Å². The predicted molar refractivity (Wildman–Crippen MR) is 342 cm³/mol. The number of imide groups is 1. The van der Waals surface area contributed by atoms with Crippen molar-refractivity contribution in [3.8, 4) is 5.75 Å². The van der Waals surface area contributed by atoms with Gasteiger partial charge in [0.25, 0.3) is 17.7 Å². The van der Waals surface area contributed by atoms with Gasteiger partial charge in [-0.25, -0.2) is 4.79 Å². The minimum Gasteiger partial charge on any atom is -0.483 e. The number of nitrogens with two attached hydrogens (primary N) is 1. The Bertz CT molecular complexity index is 3500. The van der Waals surface area contributed by atoms with Gasteiger partial charge in [-0.2, -0.15) is 0 Å². The first-order valence-corrected chi connectivity index (χ1v) is 32.2. The largest absolute Gasteiger partial charge is 0.483 e. The summed E-state index contributed by atoms with van der Waals surface area (Å²) in [7, 11) is 0. The number of rotatable bonds is 22. The summed E-state index contributed by atoms with van der Waals surface area (Å²) in [5, 5.41) is 12.6. The summed E-state index contributed by atoms with van der Waals surface area (Å²) in [5.41, 5.74) is 7.65. The van der Waals surface area contributed by atoms with E-state index in [0.717, 1.165) is 22.3 Å². The molecule has 6 fully saturated rings. The van der Waals surface area contributed by atoms with E-state index in [1.165, 1.54) is 28.0 Å². The molecular weight excluding hydrogens is 1180 g/mol. The molecule has 0 radical (unpaired) electrons. The fourth-order valence-electron chi connectivity index (χ4n) is 13.1. The van der Waals surface area contributed by atoms with Crippen molar-refractivity contribution in [1.82, 2.24) is 36.0 Å². The quantitative estimate of drug-likeness (QED) is 0.0506. The molecule has 5 aromatic carbocycles. The van der Waals surface area contributed by atoms with Crippen LogP contribution in [0.25, 0.3) is 0 Å². The minimum atomic E-state index is -1.90. The van der Waals surface area contributed by atoms with Crippen LogP contribution in [-0.2, 0) is 47.8 Å². The molecule has 0 spiro atoms. The highest BCUT2D eigenvalue weighted by molar-refractivity contribution is 6.04. The summed E-state index contributed by atoms with van der Waals surface area (Å²) >= 11 is 0. The molecule has 5 aromatic rings. The normalized spacial score (nSPS) is 25.3. The van der Waals surface area contributed by atoms with Gasteiger partial charge in [-0.15, -0.1) is 0 Å². The van der Waals surface area contributed by atoms with Gasteiger partial charge < -0.3 is 51.0 Å². The Kier molecular flexibility index (Phi) is 19.0. The molecule has 11 rings (SSSR count). The maximum absolute atomic E-state index is 15.4. The zero-order chi connectivity index (χ0) is 66.0. The lowest BCUT2D eigenvalue weighted by Gasteiger charge is -2.31. The van der Waals surface area contributed by atoms with Gasteiger partial charge in [-0.3, -0.25) is 48.1 Å². The third-order valence-electron chi connectivity index (χ3n) is 18.2. The average molecular weight is 1270 g/mol. The molecule has 0 unspecified atom stereocenters. The van der Waals surface area contributed by atoms with Crippen molar-refractivity contribution in [2.75, 3.05) is 39.3 Å². The second-order valence-electron chi connectivity index (χ2n) is 27.5. The molecule has 0 aromatic heterocycles. The fourth-order valence-corrected chi connectivity index (χ4v) is 13.1. The van der Waals surface area contributed by atoms with Gasteiger partial charge in [0.15, 0.2) is 6.61 Å². The molecule has 13 atom stereocenters. The smallest absolute Gasteiger partial charge is 0.330 e. The van der Waals surface area contributed by atoms with E-state index >= 15 is 9.59 Å². The molecule has 8 amide bonds. The van der Waals surface area contributed by atoms with Crippen LogP contribution in [0.5, 0.6) is 5.75 Å². The van der Waals surface area contributed by atoms with Crippen LogP contribution in [0.15, 0.2) is 140 Å². The number of amides is 8. The second-order valence-corrected chi connectivity index (χ2v) is 27.5. The van der Waals surface area contributed by atoms with Crippen molar-refractivity contribution < 1.29 is 62.2 Å². The number of nitrogens with one attached hydrogen (secondary N) is 4. The Hall–Kier alpha value is -9.24. The molecule has 93 heavy (non-hydrogen) atoms. The molecule has 2 heterocycles. The second kappa shape index (κ2) is 27.1. The summed E-state index contributed by atoms with van der Waals surface area (Å²) in [6.45, 7) is 6.87. The van der Waals surface area contributed by atoms with Crippen LogP contribution in [-0.4, -0.2) is 155 Å². The molecule has 4 aliphatic carbocycles. The highest BCUT2D eigenvalue weighted by Crippen LogP contribution is 2.45. The van der Waals surface area contributed by atoms with Gasteiger partial charge in [-0.05, 0) is 108 Å². The van der Waals surface area contributed by atoms with Crippen LogP contribution in [0.2, 0.25) is 0 Å². The number of ether oxygens (including phenoxy) is 3. The Morgan fingerprint density at radius 3 is 1.18 bits per heavy atom. The van der Waals surface area contributed by atoms with E-state index in [9.17, 15) is 38.4 Å². The van der Waals surface area contributed by atoms with Gasteiger partial charge in [0, 0.05) is 79.6 Å². The van der Waals surface area contributed by atoms with E-state index in [4.69, 9.17) is 19.9 Å². The first-order chi connectivity index (χ1) is 44.4. The highest BCUT2D eigenvalue weighted by atomic mass is 16.6. The third-order valence-corrected chi connectivity index (χ3v) is 18.2. The van der Waals surface area contributed by atoms with E-state index in [-0.39, 0.29) is 103 Å². The molecule has 4 saturated carbocycles. The molecule has 6 N–H and O–H groups in total. The Labute approximate surface area is 541 Å². The first-order valence-electron chi connectivity index (χ1n) is 32.2. The summed E-state index contributed by atoms with van der Waals surface area (Å²) < 4.78 is 17.4. The summed E-state index contributed by atoms with van der Waals surface area (Å²) in [4.78, 5) is 148. The van der Waals surface area contributed by atoms with Crippen molar-refractivity contribution in [3.63, 3.8) is 0 Å². The number of carbonyl (C=O) groups excluding carboxylic acids is 10. The van der Waals surface area contributed by atoms with E-state index in [1.54, 1.807) is 41.5 Å². The standard InChI is InChI=1S/C72H82N8O13/c1-71(2,3)92-63(83)34-59(70(90)93-72(4,5)6)80(61(81)35-73)62(82)40-91-60-29-45(68(88)78-36-51(64(84)74-55-30-47(55)41-19-11-7-12-20-41)52(37-78)65(85)75-56-31-48(56)42-21-13-8-14-22-42)27-28-46(60)69(89)79-38-53(66(86)76-57-32-49(57)43-23-15-9-16-24-43)54(39-79)67(87)77-58-33-50(58)44-25-17-10-18-26-44/h7-29,47-59H,30-40,73H2,1-6H3,(H,74,84)(H,75,85)(H,76,86)(H,77,87)/t47-,48-,49-,50-,51-,52-,53-,54-,55+,56+,57+,58+,59+/m1/s1. The number of esters is 2. The first kappa shape index (κ1) is 65.3. The van der Waals surface area contributed by atoms with E-state index < -0.39 is 108 Å². The molecule has 21 nitrogen and oxygen atoms in total. The molecule has 2 aliphatic heterocycles. The van der Waals surface area contributed by atoms with E-state index in [2.05, 4.69) is 21.3 Å². The van der Waals surface area contributed by atoms with Crippen LogP contribution >= 0.6 is 0 Å². The number of hydrogen-bond acceptors (Lipinski definition) is 14. The Morgan fingerprint density at radius 2 is 0.839 bits per heavy atom. The molecule has 2 saturated heterocycles. The lowest BCUT2D eigenvalue weighted by atomic mass is 9.94. The van der Waals surface area contributed by atoms with Crippen LogP contribution in [0.4, 0.5) is 0 Å². The highest BCUT2D eigenvalue weighted by Gasteiger charge is 2.52. The Balaban J connectivity index is 0.889. The van der Waals surface area contributed by atoms with Gasteiger partial charge in [0.2, 0.25) is 29.5 Å². The molecule has 488 valence electrons. The van der Waals surface area contributed by atoms with Gasteiger partial charge in [-0.1, -0.05) is 121 Å². The predicted octanol–water partition coefficient (Wildman–Crippen LogP) is 5.89. The van der Waals surface area contributed by atoms with Gasteiger partial charge in [0.1, 0.15) is 23.0 Å². The summed E-state index contributed by atoms with van der Waals surface area (Å²) in [6.07, 6.45) is 1.95. The zero-order valence-corrected chi connectivity index (χ0v) is 53.3. The maximum Gasteiger partial charge on any atom is 0.330 e. The van der Waals surface area contributed by atoms with Crippen molar-refractivity contribution in [3.05, 3.63) is 173 Å². The van der Waals surface area contributed by atoms with Crippen LogP contribution in [0.3, 0.4) is 0 Å². The summed E-state index contributed by atoms with van der Waals surface area (Å²) in [6, 6.07) is 40.4. The average Bonchev–Trinajstić information content (AvgIpc) is 1.54. The topological polar surface area (TPSA) is 282 Å². The molecule has 0 bridgehead atoms. The SMILES string of the molecule is CC(C)(C)OC(=O)C[C@@H](C(=O)OC(C)(C)C)N(C(=O)CN)C(=O)COc1cc(C(=O)N2C[C@@H](C(=O)N[C@H]3C[C@@H]3c3ccccc3)[C@H](C(=O)N[C@H]3C[C@@H]3c3ccccc3)C2)ccc1C(=O)N1C[C@@H](C(=O)N[C@H]2C[C@@H]2c2ccccc2)[C@H](C(=O)N[C@H]2C[C@@H]2c2ccccc2)C1. The fraction of sp³-hybridized carbons (Fsp3) is 0.444. The van der Waals surface area contributed by atoms with Crippen molar-refractivity contribution in [2.24, 2.45) is 29.4 Å². The van der Waals surface area contributed by atoms with Crippen LogP contribution in [0.1, 0.15) is 140 Å². The van der Waals surface area contributed by atoms with Crippen molar-refractivity contribution in [2.45, 2.75) is 139 Å². The summed E-state index contributed by atoms with van der Waals surface area (Å²) in [5.74, 6) is -11.3. The van der Waals surface area contributed by atoms with Gasteiger partial charge in [0.05, 0.1) is 42.2 Å². The van der Waals surface area contributed by atoms with Crippen LogP contribution in [0, 0.1) is 23.7 Å². The molecule has 6 aliphatic rings. The molecular formula is C72H82N8O13. The Morgan fingerprint density at radius 1 is 0.484 bits per heavy atom. The van der Waals surface area contributed by atoms with Crippen LogP contribution < -0.4 is 31.7 Å². The number of hydrogen-bond donors (Lipinski definition) is 5. The maximum atomic E-state index is 15.4. The van der Waals surface area contributed by atoms with E-state index in [0.29, 0.717) is 30.6 Å². The number of benzene rings is 5. The van der Waals surface area contributed by atoms with Crippen molar-refractivity contribution >= 4 is 59.2 Å².